The fourth-order valence-corrected chi connectivity index (χ4v) is 1.99. The molecule has 1 N–H and O–H groups in total. The van der Waals surface area contributed by atoms with Crippen molar-refractivity contribution in [1.29, 1.82) is 0 Å². The number of aliphatic hydroxyl groups excluding tert-OH is 1. The smallest absolute Gasteiger partial charge is 0.131 e. The topological polar surface area (TPSA) is 36.6 Å². The molecule has 0 saturated carbocycles. The van der Waals surface area contributed by atoms with Crippen LogP contribution in [0, 0.1) is 0 Å². The van der Waals surface area contributed by atoms with Crippen molar-refractivity contribution in [1.82, 2.24) is 4.90 Å². The second kappa shape index (κ2) is 4.68. The first-order chi connectivity index (χ1) is 7.72. The van der Waals surface area contributed by atoms with E-state index in [9.17, 15) is 5.11 Å². The Morgan fingerprint density at radius 1 is 1.62 bits per heavy atom. The third-order valence-corrected chi connectivity index (χ3v) is 3.05. The van der Waals surface area contributed by atoms with Gasteiger partial charge in [0.1, 0.15) is 12.0 Å². The zero-order chi connectivity index (χ0) is 11.5. The average Bonchev–Trinajstić information content (AvgIpc) is 2.82. The molecule has 2 heterocycles. The van der Waals surface area contributed by atoms with E-state index >= 15 is 0 Å². The molecule has 3 nitrogen and oxygen atoms in total. The van der Waals surface area contributed by atoms with Crippen molar-refractivity contribution < 1.29 is 9.52 Å². The standard InChI is InChI=1S/C13H17NO2/c1-3-13(15)14-7-6-10(2)11(9-14)12-5-4-8-16-12/h3-5,8,13,15H,1,6-7,9H2,2H3. The molecule has 3 heteroatoms. The van der Waals surface area contributed by atoms with Crippen molar-refractivity contribution >= 4 is 5.57 Å². The largest absolute Gasteiger partial charge is 0.465 e. The van der Waals surface area contributed by atoms with Gasteiger partial charge in [-0.3, -0.25) is 4.90 Å². The second-order valence-electron chi connectivity index (χ2n) is 4.11. The van der Waals surface area contributed by atoms with Crippen molar-refractivity contribution in [3.05, 3.63) is 42.4 Å². The Bertz CT molecular complexity index is 392. The lowest BCUT2D eigenvalue weighted by atomic mass is 9.99. The molecule has 1 unspecified atom stereocenters. The van der Waals surface area contributed by atoms with Crippen molar-refractivity contribution in [3.63, 3.8) is 0 Å². The van der Waals surface area contributed by atoms with E-state index in [1.807, 2.05) is 17.0 Å². The molecule has 1 aromatic heterocycles. The maximum atomic E-state index is 9.74. The van der Waals surface area contributed by atoms with Gasteiger partial charge in [0.25, 0.3) is 0 Å². The summed E-state index contributed by atoms with van der Waals surface area (Å²) >= 11 is 0. The molecule has 0 aliphatic carbocycles. The van der Waals surface area contributed by atoms with Gasteiger partial charge in [-0.2, -0.15) is 0 Å². The van der Waals surface area contributed by atoms with Crippen molar-refractivity contribution in [2.24, 2.45) is 0 Å². The van der Waals surface area contributed by atoms with Crippen LogP contribution in [0.25, 0.3) is 5.57 Å². The van der Waals surface area contributed by atoms with Crippen LogP contribution in [-0.2, 0) is 0 Å². The minimum atomic E-state index is -0.571. The summed E-state index contributed by atoms with van der Waals surface area (Å²) < 4.78 is 5.41. The van der Waals surface area contributed by atoms with Crippen LogP contribution in [0.4, 0.5) is 0 Å². The highest BCUT2D eigenvalue weighted by molar-refractivity contribution is 5.66. The Hall–Kier alpha value is -1.32. The van der Waals surface area contributed by atoms with Crippen LogP contribution in [0.2, 0.25) is 0 Å². The van der Waals surface area contributed by atoms with Crippen molar-refractivity contribution in [3.8, 4) is 0 Å². The molecule has 16 heavy (non-hydrogen) atoms. The average molecular weight is 219 g/mol. The first kappa shape index (κ1) is 11.2. The van der Waals surface area contributed by atoms with Crippen LogP contribution < -0.4 is 0 Å². The summed E-state index contributed by atoms with van der Waals surface area (Å²) in [4.78, 5) is 1.98. The molecule has 0 fully saturated rings. The fraction of sp³-hybridized carbons (Fsp3) is 0.385. The predicted octanol–water partition coefficient (Wildman–Crippen LogP) is 2.26. The maximum absolute atomic E-state index is 9.74. The van der Waals surface area contributed by atoms with Gasteiger partial charge in [0.05, 0.1) is 6.26 Å². The number of hydrogen-bond donors (Lipinski definition) is 1. The van der Waals surface area contributed by atoms with Crippen LogP contribution >= 0.6 is 0 Å². The van der Waals surface area contributed by atoms with E-state index in [2.05, 4.69) is 13.5 Å². The zero-order valence-electron chi connectivity index (χ0n) is 9.52. The Kier molecular flexibility index (Phi) is 3.27. The van der Waals surface area contributed by atoms with Crippen LogP contribution in [0.1, 0.15) is 19.1 Å². The van der Waals surface area contributed by atoms with Crippen LogP contribution in [0.3, 0.4) is 0 Å². The highest BCUT2D eigenvalue weighted by atomic mass is 16.3. The molecule has 2 rings (SSSR count). The number of nitrogens with zero attached hydrogens (tertiary/aromatic N) is 1. The van der Waals surface area contributed by atoms with Gasteiger partial charge in [0, 0.05) is 18.7 Å². The van der Waals surface area contributed by atoms with Crippen molar-refractivity contribution in [2.45, 2.75) is 19.6 Å². The van der Waals surface area contributed by atoms with Gasteiger partial charge in [0.2, 0.25) is 0 Å². The number of hydrogen-bond acceptors (Lipinski definition) is 3. The van der Waals surface area contributed by atoms with E-state index in [-0.39, 0.29) is 0 Å². The summed E-state index contributed by atoms with van der Waals surface area (Å²) in [6.45, 7) is 7.31. The number of aliphatic hydroxyl groups is 1. The lowest BCUT2D eigenvalue weighted by molar-refractivity contribution is 0.0505. The molecule has 1 aliphatic heterocycles. The molecule has 0 radical (unpaired) electrons. The van der Waals surface area contributed by atoms with Gasteiger partial charge >= 0.3 is 0 Å². The number of furan rings is 1. The van der Waals surface area contributed by atoms with Crippen LogP contribution in [-0.4, -0.2) is 29.3 Å². The summed E-state index contributed by atoms with van der Waals surface area (Å²) in [5.74, 6) is 0.901. The zero-order valence-corrected chi connectivity index (χ0v) is 9.52. The molecule has 0 spiro atoms. The Labute approximate surface area is 95.7 Å². The van der Waals surface area contributed by atoms with E-state index in [0.29, 0.717) is 6.54 Å². The SMILES string of the molecule is C=CC(O)N1CCC(C)=C(c2ccco2)C1. The summed E-state index contributed by atoms with van der Waals surface area (Å²) in [6, 6.07) is 3.85. The molecule has 0 saturated heterocycles. The van der Waals surface area contributed by atoms with Gasteiger partial charge in [0.15, 0.2) is 0 Å². The van der Waals surface area contributed by atoms with Gasteiger partial charge in [-0.05, 0) is 31.6 Å². The van der Waals surface area contributed by atoms with E-state index in [4.69, 9.17) is 4.42 Å². The Morgan fingerprint density at radius 3 is 3.06 bits per heavy atom. The van der Waals surface area contributed by atoms with E-state index in [1.54, 1.807) is 12.3 Å². The molecule has 1 aliphatic rings. The molecular formula is C13H17NO2. The lowest BCUT2D eigenvalue weighted by Gasteiger charge is -2.31. The first-order valence-electron chi connectivity index (χ1n) is 5.49. The van der Waals surface area contributed by atoms with E-state index < -0.39 is 6.23 Å². The maximum Gasteiger partial charge on any atom is 0.131 e. The summed E-state index contributed by atoms with van der Waals surface area (Å²) in [6.07, 6.45) is 3.62. The second-order valence-corrected chi connectivity index (χ2v) is 4.11. The normalized spacial score (nSPS) is 19.9. The minimum absolute atomic E-state index is 0.571. The number of rotatable bonds is 3. The van der Waals surface area contributed by atoms with Crippen molar-refractivity contribution in [2.75, 3.05) is 13.1 Å². The monoisotopic (exact) mass is 219 g/mol. The molecular weight excluding hydrogens is 202 g/mol. The fourth-order valence-electron chi connectivity index (χ4n) is 1.99. The van der Waals surface area contributed by atoms with E-state index in [1.165, 1.54) is 11.1 Å². The minimum Gasteiger partial charge on any atom is -0.465 e. The highest BCUT2D eigenvalue weighted by Gasteiger charge is 2.22. The van der Waals surface area contributed by atoms with Gasteiger partial charge in [-0.1, -0.05) is 12.2 Å². The highest BCUT2D eigenvalue weighted by Crippen LogP contribution is 2.27. The Balaban J connectivity index is 2.20. The third-order valence-electron chi connectivity index (χ3n) is 3.05. The summed E-state index contributed by atoms with van der Waals surface area (Å²) in [7, 11) is 0. The van der Waals surface area contributed by atoms with Gasteiger partial charge < -0.3 is 9.52 Å². The molecule has 0 bridgehead atoms. The molecule has 86 valence electrons. The summed E-state index contributed by atoms with van der Waals surface area (Å²) in [5, 5.41) is 9.74. The molecule has 1 aromatic rings. The van der Waals surface area contributed by atoms with Crippen LogP contribution in [0.15, 0.2) is 41.0 Å². The summed E-state index contributed by atoms with van der Waals surface area (Å²) in [5.41, 5.74) is 2.51. The van der Waals surface area contributed by atoms with Crippen LogP contribution in [0.5, 0.6) is 0 Å². The lowest BCUT2D eigenvalue weighted by Crippen LogP contribution is -2.38. The quantitative estimate of drug-likeness (QED) is 0.792. The van der Waals surface area contributed by atoms with E-state index in [0.717, 1.165) is 18.7 Å². The molecule has 0 aromatic carbocycles. The molecule has 1 atom stereocenters. The molecule has 0 amide bonds. The van der Waals surface area contributed by atoms with Gasteiger partial charge in [-0.25, -0.2) is 0 Å². The third kappa shape index (κ3) is 2.10. The first-order valence-corrected chi connectivity index (χ1v) is 5.49. The Morgan fingerprint density at radius 2 is 2.44 bits per heavy atom. The van der Waals surface area contributed by atoms with Gasteiger partial charge in [-0.15, -0.1) is 0 Å². The predicted molar refractivity (Wildman–Crippen MR) is 63.7 cm³/mol.